The van der Waals surface area contributed by atoms with Crippen LogP contribution in [0.15, 0.2) is 75.5 Å². The number of halogens is 1. The molecular formula is C42H58BrN7O5. The number of hydrazone groups is 1. The molecule has 298 valence electrons. The van der Waals surface area contributed by atoms with E-state index in [0.717, 1.165) is 77.4 Å². The molecule has 1 aliphatic heterocycles. The lowest BCUT2D eigenvalue weighted by molar-refractivity contribution is -0.152. The van der Waals surface area contributed by atoms with Crippen LogP contribution in [-0.2, 0) is 19.1 Å². The average Bonchev–Trinajstić information content (AvgIpc) is 3.13. The number of aryl methyl sites for hydroxylation is 1. The van der Waals surface area contributed by atoms with Gasteiger partial charge in [-0.05, 0) is 112 Å². The third-order valence-corrected chi connectivity index (χ3v) is 9.04. The van der Waals surface area contributed by atoms with Crippen LogP contribution in [0.25, 0.3) is 11.0 Å². The largest absolute Gasteiger partial charge is 0.469 e. The Morgan fingerprint density at radius 1 is 1.11 bits per heavy atom. The van der Waals surface area contributed by atoms with E-state index in [-0.39, 0.29) is 23.5 Å². The van der Waals surface area contributed by atoms with Crippen molar-refractivity contribution in [3.8, 4) is 5.75 Å². The van der Waals surface area contributed by atoms with Crippen molar-refractivity contribution < 1.29 is 23.8 Å². The first-order valence-electron chi connectivity index (χ1n) is 18.9. The van der Waals surface area contributed by atoms with Crippen LogP contribution in [-0.4, -0.2) is 63.9 Å². The molecule has 55 heavy (non-hydrogen) atoms. The van der Waals surface area contributed by atoms with Crippen LogP contribution in [0, 0.1) is 12.8 Å². The summed E-state index contributed by atoms with van der Waals surface area (Å²) in [7, 11) is 1.42. The fraction of sp³-hybridized carbons (Fsp3) is 0.476. The van der Waals surface area contributed by atoms with Gasteiger partial charge in [0.05, 0.1) is 28.7 Å². The van der Waals surface area contributed by atoms with Gasteiger partial charge in [0, 0.05) is 44.2 Å². The summed E-state index contributed by atoms with van der Waals surface area (Å²) in [4.78, 5) is 38.8. The monoisotopic (exact) mass is 819 g/mol. The molecule has 2 aromatic heterocycles. The van der Waals surface area contributed by atoms with Crippen molar-refractivity contribution in [2.75, 3.05) is 30.4 Å². The first-order chi connectivity index (χ1) is 26.1. The molecule has 3 aromatic rings. The van der Waals surface area contributed by atoms with Crippen LogP contribution in [0.5, 0.6) is 5.75 Å². The minimum absolute atomic E-state index is 0.225. The molecule has 0 bridgehead atoms. The lowest BCUT2D eigenvalue weighted by atomic mass is 10.1. The van der Waals surface area contributed by atoms with Crippen LogP contribution in [0.3, 0.4) is 0 Å². The highest BCUT2D eigenvalue weighted by Gasteiger charge is 2.22. The molecular weight excluding hydrogens is 762 g/mol. The van der Waals surface area contributed by atoms with Gasteiger partial charge in [-0.3, -0.25) is 9.59 Å². The van der Waals surface area contributed by atoms with Crippen molar-refractivity contribution in [2.45, 2.75) is 107 Å². The molecule has 12 nitrogen and oxygen atoms in total. The number of rotatable bonds is 15. The highest BCUT2D eigenvalue weighted by Crippen LogP contribution is 2.33. The summed E-state index contributed by atoms with van der Waals surface area (Å²) in [6, 6.07) is 7.89. The summed E-state index contributed by atoms with van der Waals surface area (Å²) in [5.74, 6) is 2.04. The molecule has 1 aliphatic rings. The Balaban J connectivity index is 0.000000912. The van der Waals surface area contributed by atoms with E-state index in [1.807, 2.05) is 89.2 Å². The number of nitrogens with zero attached hydrogens (tertiary/aromatic N) is 6. The van der Waals surface area contributed by atoms with Crippen LogP contribution >= 0.6 is 15.9 Å². The molecule has 3 heterocycles. The van der Waals surface area contributed by atoms with Crippen molar-refractivity contribution in [3.05, 3.63) is 76.0 Å². The number of anilines is 3. The molecule has 0 spiro atoms. The zero-order chi connectivity index (χ0) is 40.7. The van der Waals surface area contributed by atoms with Crippen molar-refractivity contribution in [1.29, 1.82) is 0 Å². The van der Waals surface area contributed by atoms with Gasteiger partial charge in [-0.15, -0.1) is 0 Å². The number of fused-ring (bicyclic) bond motifs is 1. The normalized spacial score (nSPS) is 14.2. The number of benzene rings is 1. The molecule has 0 saturated carbocycles. The number of methoxy groups -OCH3 is 1. The Morgan fingerprint density at radius 3 is 2.45 bits per heavy atom. The van der Waals surface area contributed by atoms with Crippen LogP contribution in [0.1, 0.15) is 100.0 Å². The first kappa shape index (κ1) is 44.6. The minimum Gasteiger partial charge on any atom is -0.469 e. The van der Waals surface area contributed by atoms with Gasteiger partial charge in [0.1, 0.15) is 34.8 Å². The zero-order valence-corrected chi connectivity index (χ0v) is 35.9. The molecule has 1 N–H and O–H groups in total. The van der Waals surface area contributed by atoms with Crippen LogP contribution < -0.4 is 15.0 Å². The topological polar surface area (TPSA) is 131 Å². The minimum atomic E-state index is -0.328. The lowest BCUT2D eigenvalue weighted by Gasteiger charge is -2.27. The molecule has 0 fully saturated rings. The predicted molar refractivity (Wildman–Crippen MR) is 225 cm³/mol. The number of aromatic nitrogens is 3. The summed E-state index contributed by atoms with van der Waals surface area (Å²) in [5, 5.41) is 9.75. The Morgan fingerprint density at radius 2 is 1.85 bits per heavy atom. The summed E-state index contributed by atoms with van der Waals surface area (Å²) in [6.07, 6.45) is 14.5. The number of carbonyl (C=O) groups excluding carboxylic acids is 2. The van der Waals surface area contributed by atoms with E-state index in [1.165, 1.54) is 25.9 Å². The lowest BCUT2D eigenvalue weighted by Crippen LogP contribution is -2.34. The Hall–Kier alpha value is -4.78. The predicted octanol–water partition coefficient (Wildman–Crippen LogP) is 10.2. The van der Waals surface area contributed by atoms with Crippen molar-refractivity contribution in [1.82, 2.24) is 20.0 Å². The molecule has 0 amide bonds. The molecule has 0 radical (unpaired) electrons. The first-order valence-corrected chi connectivity index (χ1v) is 19.7. The second kappa shape index (κ2) is 21.3. The molecule has 0 aliphatic carbocycles. The van der Waals surface area contributed by atoms with Crippen molar-refractivity contribution >= 4 is 62.4 Å². The second-order valence-corrected chi connectivity index (χ2v) is 15.2. The summed E-state index contributed by atoms with van der Waals surface area (Å²) >= 11 is 3.72. The number of pyridine rings is 1. The number of allylic oxidation sites excluding steroid dienone is 3. The smallest absolute Gasteiger partial charge is 0.310 e. The van der Waals surface area contributed by atoms with Gasteiger partial charge < -0.3 is 24.4 Å². The molecule has 1 atom stereocenters. The molecule has 0 saturated heterocycles. The Labute approximate surface area is 335 Å². The van der Waals surface area contributed by atoms with Gasteiger partial charge in [-0.2, -0.15) is 5.10 Å². The Kier molecular flexibility index (Phi) is 17.3. The van der Waals surface area contributed by atoms with Crippen LogP contribution in [0.4, 0.5) is 17.3 Å². The van der Waals surface area contributed by atoms with E-state index in [2.05, 4.69) is 62.0 Å². The average molecular weight is 821 g/mol. The van der Waals surface area contributed by atoms with Crippen molar-refractivity contribution in [3.63, 3.8) is 0 Å². The number of unbranched alkanes of at least 4 members (excludes halogenated alkanes) is 3. The van der Waals surface area contributed by atoms with Crippen LogP contribution in [0.2, 0.25) is 0 Å². The van der Waals surface area contributed by atoms with Gasteiger partial charge in [0.2, 0.25) is 0 Å². The number of ether oxygens (including phenoxy) is 3. The standard InChI is InChI=1S/C36H46BrN7O3.C6H12O2/c1-8-11-12-13-17-43(22-26(6)36(45)46-7)35-29(37)21-30-33(42-35)34(39-23-38-30)41-27-14-15-32(25(5)19-27)47-28-16-18-44(40-10-3)31(20-28)24(4)9-2;1-5(7)8-6(2,3)4/h10,14-16,18-21,23,26H,8-9,11-13,17,22H2,1-7H3,(H,38,39,41);1-4H3/b31-24?,40-10-;. The molecule has 1 aromatic carbocycles. The quantitative estimate of drug-likeness (QED) is 0.0893. The van der Waals surface area contributed by atoms with E-state index >= 15 is 0 Å². The summed E-state index contributed by atoms with van der Waals surface area (Å²) in [6.45, 7) is 20.4. The molecule has 4 rings (SSSR count). The zero-order valence-electron chi connectivity index (χ0n) is 34.3. The number of hydrogen-bond acceptors (Lipinski definition) is 12. The van der Waals surface area contributed by atoms with E-state index in [9.17, 15) is 9.59 Å². The molecule has 13 heteroatoms. The van der Waals surface area contributed by atoms with E-state index in [4.69, 9.17) is 19.2 Å². The van der Waals surface area contributed by atoms with E-state index in [0.29, 0.717) is 23.4 Å². The maximum absolute atomic E-state index is 12.3. The van der Waals surface area contributed by atoms with Crippen molar-refractivity contribution in [2.24, 2.45) is 11.0 Å². The van der Waals surface area contributed by atoms with Gasteiger partial charge in [0.15, 0.2) is 5.82 Å². The number of carbonyl (C=O) groups is 2. The number of hydrogen-bond donors (Lipinski definition) is 1. The number of esters is 2. The summed E-state index contributed by atoms with van der Waals surface area (Å²) in [5.41, 5.74) is 5.03. The number of nitrogens with one attached hydrogen (secondary N) is 1. The highest BCUT2D eigenvalue weighted by molar-refractivity contribution is 9.10. The third kappa shape index (κ3) is 13.8. The fourth-order valence-electron chi connectivity index (χ4n) is 5.68. The van der Waals surface area contributed by atoms with Gasteiger partial charge >= 0.3 is 11.9 Å². The maximum atomic E-state index is 12.3. The SMILES string of the molecule is C/C=N\N1C=CC(Oc2ccc(Nc3ncnc4cc(Br)c(N(CCCCCC)CC(C)C(=O)OC)nc34)cc2C)=CC1=C(C)CC.CC(=O)OC(C)(C)C. The highest BCUT2D eigenvalue weighted by atomic mass is 79.9. The third-order valence-electron chi connectivity index (χ3n) is 8.45. The van der Waals surface area contributed by atoms with Gasteiger partial charge in [-0.25, -0.2) is 20.0 Å². The maximum Gasteiger partial charge on any atom is 0.310 e. The van der Waals surface area contributed by atoms with E-state index < -0.39 is 0 Å². The van der Waals surface area contributed by atoms with Gasteiger partial charge in [0.25, 0.3) is 0 Å². The van der Waals surface area contributed by atoms with E-state index in [1.54, 1.807) is 6.21 Å². The van der Waals surface area contributed by atoms with Gasteiger partial charge in [-0.1, -0.05) is 40.0 Å². The molecule has 1 unspecified atom stereocenters. The summed E-state index contributed by atoms with van der Waals surface area (Å²) < 4.78 is 16.9. The fourth-order valence-corrected chi connectivity index (χ4v) is 6.24. The second-order valence-electron chi connectivity index (χ2n) is 14.3. The Bertz CT molecular complexity index is 1900.